The molecule has 0 amide bonds. The summed E-state index contributed by atoms with van der Waals surface area (Å²) >= 11 is 0. The van der Waals surface area contributed by atoms with E-state index in [0.717, 1.165) is 0 Å². The first-order valence-electron chi connectivity index (χ1n) is 6.49. The Hall–Kier alpha value is -0.730. The molecule has 0 rings (SSSR count). The number of hydrogen-bond acceptors (Lipinski definition) is 0. The van der Waals surface area contributed by atoms with Gasteiger partial charge >= 0.3 is 0 Å². The van der Waals surface area contributed by atoms with Crippen molar-refractivity contribution in [1.29, 1.82) is 0 Å². The van der Waals surface area contributed by atoms with E-state index in [1.807, 2.05) is 0 Å². The lowest BCUT2D eigenvalue weighted by Crippen LogP contribution is -2.50. The highest BCUT2D eigenvalue weighted by Crippen LogP contribution is 2.12. The van der Waals surface area contributed by atoms with E-state index in [4.69, 9.17) is 11.1 Å². The quantitative estimate of drug-likeness (QED) is 0.257. The van der Waals surface area contributed by atoms with E-state index in [2.05, 4.69) is 27.7 Å². The predicted molar refractivity (Wildman–Crippen MR) is 71.0 cm³/mol. The lowest BCUT2D eigenvalue weighted by atomic mass is 10.2. The molecule has 0 aromatic rings. The molecule has 0 bridgehead atoms. The summed E-state index contributed by atoms with van der Waals surface area (Å²) < 4.78 is 1.38. The van der Waals surface area contributed by atoms with Crippen LogP contribution >= 0.6 is 0 Å². The van der Waals surface area contributed by atoms with E-state index in [9.17, 15) is 0 Å². The predicted octanol–water partition coefficient (Wildman–Crippen LogP) is 4.31. The molecule has 0 aromatic carbocycles. The summed E-state index contributed by atoms with van der Waals surface area (Å²) in [5, 5.41) is 0. The number of rotatable bonds is 8. The van der Waals surface area contributed by atoms with Crippen molar-refractivity contribution in [2.75, 3.05) is 26.2 Å². The SMILES string of the molecule is CCC[N+](CCC)(CCC)CCC.[N-]=[N+]=[N-]. The Morgan fingerprint density at radius 1 is 0.688 bits per heavy atom. The van der Waals surface area contributed by atoms with Gasteiger partial charge in [0.05, 0.1) is 26.2 Å². The number of nitrogens with zero attached hydrogens (tertiary/aromatic N) is 4. The van der Waals surface area contributed by atoms with Crippen molar-refractivity contribution in [3.63, 3.8) is 0 Å². The van der Waals surface area contributed by atoms with Crippen LogP contribution in [0.15, 0.2) is 0 Å². The van der Waals surface area contributed by atoms with Crippen molar-refractivity contribution in [2.45, 2.75) is 53.4 Å². The van der Waals surface area contributed by atoms with E-state index in [-0.39, 0.29) is 0 Å². The molecule has 0 aliphatic carbocycles. The van der Waals surface area contributed by atoms with Crippen LogP contribution in [-0.4, -0.2) is 30.7 Å². The van der Waals surface area contributed by atoms with Gasteiger partial charge in [0.25, 0.3) is 0 Å². The summed E-state index contributed by atoms with van der Waals surface area (Å²) in [7, 11) is 0. The van der Waals surface area contributed by atoms with Gasteiger partial charge in [0.1, 0.15) is 0 Å². The molecular weight excluding hydrogens is 200 g/mol. The maximum absolute atomic E-state index is 6.75. The smallest absolute Gasteiger partial charge is 0.0783 e. The molecule has 0 heterocycles. The van der Waals surface area contributed by atoms with Gasteiger partial charge in [0.15, 0.2) is 0 Å². The van der Waals surface area contributed by atoms with Crippen LogP contribution in [0.25, 0.3) is 16.0 Å². The molecule has 0 N–H and O–H groups in total. The van der Waals surface area contributed by atoms with Crippen molar-refractivity contribution >= 4 is 0 Å². The molecule has 0 atom stereocenters. The van der Waals surface area contributed by atoms with Gasteiger partial charge in [-0.15, -0.1) is 0 Å². The third-order valence-corrected chi connectivity index (χ3v) is 2.79. The van der Waals surface area contributed by atoms with E-state index in [1.165, 1.54) is 61.3 Å². The van der Waals surface area contributed by atoms with E-state index < -0.39 is 0 Å². The van der Waals surface area contributed by atoms with Crippen LogP contribution in [0.1, 0.15) is 53.4 Å². The molecule has 0 unspecified atom stereocenters. The highest BCUT2D eigenvalue weighted by Gasteiger charge is 2.22. The van der Waals surface area contributed by atoms with Crippen molar-refractivity contribution < 1.29 is 4.48 Å². The third kappa shape index (κ3) is 8.57. The van der Waals surface area contributed by atoms with Crippen LogP contribution in [0.4, 0.5) is 0 Å². The Morgan fingerprint density at radius 3 is 1.00 bits per heavy atom. The largest absolute Gasteiger partial charge is 0.373 e. The van der Waals surface area contributed by atoms with Gasteiger partial charge < -0.3 is 15.5 Å². The Labute approximate surface area is 101 Å². The van der Waals surface area contributed by atoms with Gasteiger partial charge in [-0.25, -0.2) is 0 Å². The molecule has 4 heteroatoms. The Morgan fingerprint density at radius 2 is 0.875 bits per heavy atom. The second-order valence-electron chi connectivity index (χ2n) is 4.33. The summed E-state index contributed by atoms with van der Waals surface area (Å²) in [6.45, 7) is 14.8. The number of quaternary nitrogens is 1. The number of hydrogen-bond donors (Lipinski definition) is 0. The first-order chi connectivity index (χ1) is 7.66. The fourth-order valence-electron chi connectivity index (χ4n) is 2.57. The van der Waals surface area contributed by atoms with E-state index in [0.29, 0.717) is 0 Å². The molecule has 0 aliphatic heterocycles. The minimum atomic E-state index is 1.33. The van der Waals surface area contributed by atoms with Crippen LogP contribution < -0.4 is 0 Å². The molecule has 4 nitrogen and oxygen atoms in total. The Bertz CT molecular complexity index is 144. The first kappa shape index (κ1) is 17.7. The monoisotopic (exact) mass is 228 g/mol. The fourth-order valence-corrected chi connectivity index (χ4v) is 2.57. The van der Waals surface area contributed by atoms with Crippen molar-refractivity contribution in [1.82, 2.24) is 0 Å². The Kier molecular flexibility index (Phi) is 13.6. The maximum atomic E-state index is 6.75. The van der Waals surface area contributed by atoms with Gasteiger partial charge in [0.2, 0.25) is 0 Å². The average Bonchev–Trinajstić information content (AvgIpc) is 2.20. The van der Waals surface area contributed by atoms with Gasteiger partial charge in [-0.05, 0) is 25.7 Å². The standard InChI is InChI=1S/C12H28N.N3/c1-5-9-13(10-6-2,11-7-3)12-8-4;1-3-2/h5-12H2,1-4H3;/q+1;-1. The van der Waals surface area contributed by atoms with E-state index in [1.54, 1.807) is 0 Å². The summed E-state index contributed by atoms with van der Waals surface area (Å²) in [4.78, 5) is 1.50. The fraction of sp³-hybridized carbons (Fsp3) is 1.00. The van der Waals surface area contributed by atoms with Crippen LogP contribution in [0, 0.1) is 0 Å². The van der Waals surface area contributed by atoms with E-state index >= 15 is 0 Å². The Balaban J connectivity index is 0. The van der Waals surface area contributed by atoms with Gasteiger partial charge in [-0.2, -0.15) is 0 Å². The molecule has 0 saturated carbocycles. The zero-order valence-corrected chi connectivity index (χ0v) is 11.4. The van der Waals surface area contributed by atoms with Gasteiger partial charge in [0, 0.05) is 0 Å². The lowest BCUT2D eigenvalue weighted by Gasteiger charge is -2.38. The van der Waals surface area contributed by atoms with Gasteiger partial charge in [-0.3, -0.25) is 4.91 Å². The zero-order chi connectivity index (χ0) is 12.9. The molecule has 0 saturated heterocycles. The topological polar surface area (TPSA) is 58.7 Å². The molecule has 0 aromatic heterocycles. The van der Waals surface area contributed by atoms with Crippen LogP contribution in [0.5, 0.6) is 0 Å². The summed E-state index contributed by atoms with van der Waals surface area (Å²) in [5.74, 6) is 0. The molecule has 96 valence electrons. The molecular formula is C12H28N4. The normalized spacial score (nSPS) is 10.2. The molecule has 0 spiro atoms. The third-order valence-electron chi connectivity index (χ3n) is 2.79. The second kappa shape index (κ2) is 12.3. The molecule has 0 radical (unpaired) electrons. The van der Waals surface area contributed by atoms with Crippen LogP contribution in [-0.2, 0) is 0 Å². The van der Waals surface area contributed by atoms with Crippen LogP contribution in [0.2, 0.25) is 0 Å². The lowest BCUT2D eigenvalue weighted by molar-refractivity contribution is -0.928. The molecule has 0 aliphatic rings. The van der Waals surface area contributed by atoms with Gasteiger partial charge in [-0.1, -0.05) is 27.7 Å². The van der Waals surface area contributed by atoms with Crippen molar-refractivity contribution in [3.8, 4) is 0 Å². The highest BCUT2D eigenvalue weighted by molar-refractivity contribution is 4.43. The average molecular weight is 228 g/mol. The highest BCUT2D eigenvalue weighted by atomic mass is 15.3. The minimum Gasteiger partial charge on any atom is -0.373 e. The first-order valence-corrected chi connectivity index (χ1v) is 6.49. The minimum absolute atomic E-state index is 1.33. The second-order valence-corrected chi connectivity index (χ2v) is 4.33. The summed E-state index contributed by atoms with van der Waals surface area (Å²) in [6.07, 6.45) is 5.33. The maximum Gasteiger partial charge on any atom is 0.0783 e. The summed E-state index contributed by atoms with van der Waals surface area (Å²) in [5.41, 5.74) is 13.5. The van der Waals surface area contributed by atoms with Crippen molar-refractivity contribution in [3.05, 3.63) is 16.0 Å². The molecule has 0 fully saturated rings. The molecule has 16 heavy (non-hydrogen) atoms. The summed E-state index contributed by atoms with van der Waals surface area (Å²) in [6, 6.07) is 0. The zero-order valence-electron chi connectivity index (χ0n) is 11.4. The van der Waals surface area contributed by atoms with Crippen LogP contribution in [0.3, 0.4) is 0 Å². The van der Waals surface area contributed by atoms with Crippen molar-refractivity contribution in [2.24, 2.45) is 0 Å².